The van der Waals surface area contributed by atoms with Crippen molar-refractivity contribution in [2.24, 2.45) is 0 Å². The lowest BCUT2D eigenvalue weighted by atomic mass is 9.87. The highest BCUT2D eigenvalue weighted by atomic mass is 79.9. The van der Waals surface area contributed by atoms with Gasteiger partial charge in [0, 0.05) is 23.8 Å². The molecule has 0 aromatic carbocycles. The first-order chi connectivity index (χ1) is 10.6. The van der Waals surface area contributed by atoms with Crippen molar-refractivity contribution in [2.45, 2.75) is 18.5 Å². The standard InChI is InChI=1S/C14H12BrN5O2/c15-9-1-12(13-8(3-16)4-17-19(13)5-9)18-6-10-2-11(7-18)20(10)14(21)22/h1,4-5,10-11H,2,6-7H2,(H,21,22). The lowest BCUT2D eigenvalue weighted by molar-refractivity contribution is 0.0115. The summed E-state index contributed by atoms with van der Waals surface area (Å²) in [6.07, 6.45) is 3.44. The number of hydrogen-bond donors (Lipinski definition) is 1. The van der Waals surface area contributed by atoms with Crippen molar-refractivity contribution < 1.29 is 9.90 Å². The zero-order chi connectivity index (χ0) is 15.4. The number of piperidine rings is 1. The van der Waals surface area contributed by atoms with Crippen LogP contribution >= 0.6 is 15.9 Å². The van der Waals surface area contributed by atoms with Crippen LogP contribution in [0.3, 0.4) is 0 Å². The maximum atomic E-state index is 11.2. The van der Waals surface area contributed by atoms with Crippen molar-refractivity contribution in [3.05, 3.63) is 28.5 Å². The van der Waals surface area contributed by atoms with Gasteiger partial charge in [0.1, 0.15) is 11.6 Å². The Morgan fingerprint density at radius 3 is 2.82 bits per heavy atom. The van der Waals surface area contributed by atoms with E-state index in [1.165, 1.54) is 4.90 Å². The Hall–Kier alpha value is -2.27. The van der Waals surface area contributed by atoms with Crippen molar-refractivity contribution in [1.82, 2.24) is 14.5 Å². The van der Waals surface area contributed by atoms with E-state index in [1.807, 2.05) is 12.3 Å². The summed E-state index contributed by atoms with van der Waals surface area (Å²) in [5.74, 6) is 0. The van der Waals surface area contributed by atoms with E-state index in [-0.39, 0.29) is 12.1 Å². The summed E-state index contributed by atoms with van der Waals surface area (Å²) in [6.45, 7) is 1.29. The molecular weight excluding hydrogens is 350 g/mol. The Kier molecular flexibility index (Phi) is 2.81. The lowest BCUT2D eigenvalue weighted by Crippen LogP contribution is -2.70. The number of fused-ring (bicyclic) bond motifs is 3. The molecule has 3 aliphatic rings. The predicted molar refractivity (Wildman–Crippen MR) is 81.9 cm³/mol. The lowest BCUT2D eigenvalue weighted by Gasteiger charge is -2.55. The van der Waals surface area contributed by atoms with Gasteiger partial charge in [-0.05, 0) is 28.4 Å². The Labute approximate surface area is 134 Å². The second-order valence-electron chi connectivity index (χ2n) is 5.64. The third kappa shape index (κ3) is 1.78. The smallest absolute Gasteiger partial charge is 0.407 e. The number of piperazine rings is 1. The largest absolute Gasteiger partial charge is 0.465 e. The number of carbonyl (C=O) groups is 1. The summed E-state index contributed by atoms with van der Waals surface area (Å²) in [5, 5.41) is 22.7. The molecular formula is C14H12BrN5O2. The molecule has 2 atom stereocenters. The van der Waals surface area contributed by atoms with Gasteiger partial charge in [-0.2, -0.15) is 10.4 Å². The maximum Gasteiger partial charge on any atom is 0.407 e. The fraction of sp³-hybridized carbons (Fsp3) is 0.357. The number of anilines is 1. The van der Waals surface area contributed by atoms with E-state index < -0.39 is 6.09 Å². The maximum absolute atomic E-state index is 11.2. The van der Waals surface area contributed by atoms with E-state index in [1.54, 1.807) is 10.7 Å². The molecule has 0 aliphatic carbocycles. The fourth-order valence-corrected chi connectivity index (χ4v) is 3.92. The molecule has 0 spiro atoms. The highest BCUT2D eigenvalue weighted by Crippen LogP contribution is 2.37. The molecule has 3 fully saturated rings. The Morgan fingerprint density at radius 1 is 1.45 bits per heavy atom. The molecule has 8 heteroatoms. The minimum absolute atomic E-state index is 0.0312. The molecule has 0 radical (unpaired) electrons. The molecule has 22 heavy (non-hydrogen) atoms. The van der Waals surface area contributed by atoms with Crippen molar-refractivity contribution >= 4 is 33.2 Å². The molecule has 1 N–H and O–H groups in total. The Balaban J connectivity index is 1.75. The highest BCUT2D eigenvalue weighted by molar-refractivity contribution is 9.10. The van der Waals surface area contributed by atoms with E-state index >= 15 is 0 Å². The van der Waals surface area contributed by atoms with E-state index in [2.05, 4.69) is 32.0 Å². The summed E-state index contributed by atoms with van der Waals surface area (Å²) in [7, 11) is 0. The van der Waals surface area contributed by atoms with E-state index in [4.69, 9.17) is 0 Å². The van der Waals surface area contributed by atoms with Crippen LogP contribution in [-0.4, -0.2) is 50.9 Å². The van der Waals surface area contributed by atoms with Gasteiger partial charge in [0.05, 0.1) is 29.5 Å². The number of rotatable bonds is 1. The number of nitrogens with zero attached hydrogens (tertiary/aromatic N) is 5. The predicted octanol–water partition coefficient (Wildman–Crippen LogP) is 1.91. The summed E-state index contributed by atoms with van der Waals surface area (Å²) in [5.41, 5.74) is 2.22. The number of nitriles is 1. The summed E-state index contributed by atoms with van der Waals surface area (Å²) in [4.78, 5) is 14.9. The second kappa shape index (κ2) is 4.61. The van der Waals surface area contributed by atoms with E-state index in [0.717, 1.165) is 22.1 Å². The van der Waals surface area contributed by atoms with Crippen molar-refractivity contribution in [1.29, 1.82) is 5.26 Å². The van der Waals surface area contributed by atoms with Crippen LogP contribution in [0.2, 0.25) is 0 Å². The third-order valence-corrected chi connectivity index (χ3v) is 4.87. The first-order valence-corrected chi connectivity index (χ1v) is 7.71. The van der Waals surface area contributed by atoms with Gasteiger partial charge >= 0.3 is 6.09 Å². The van der Waals surface area contributed by atoms with Crippen LogP contribution < -0.4 is 4.90 Å². The molecule has 1 amide bonds. The minimum Gasteiger partial charge on any atom is -0.465 e. The average molecular weight is 362 g/mol. The fourth-order valence-electron chi connectivity index (χ4n) is 3.51. The number of hydrogen-bond acceptors (Lipinski definition) is 4. The van der Waals surface area contributed by atoms with Crippen LogP contribution in [0, 0.1) is 11.3 Å². The van der Waals surface area contributed by atoms with E-state index in [9.17, 15) is 15.2 Å². The summed E-state index contributed by atoms with van der Waals surface area (Å²) >= 11 is 3.47. The van der Waals surface area contributed by atoms with Crippen molar-refractivity contribution in [3.63, 3.8) is 0 Å². The molecule has 3 saturated heterocycles. The summed E-state index contributed by atoms with van der Waals surface area (Å²) in [6, 6.07) is 4.20. The monoisotopic (exact) mass is 361 g/mol. The van der Waals surface area contributed by atoms with Gasteiger partial charge < -0.3 is 10.0 Å². The van der Waals surface area contributed by atoms with Gasteiger partial charge in [-0.3, -0.25) is 4.90 Å². The molecule has 3 aliphatic heterocycles. The number of amides is 1. The van der Waals surface area contributed by atoms with Gasteiger partial charge in [0.25, 0.3) is 0 Å². The first-order valence-electron chi connectivity index (χ1n) is 6.91. The number of aromatic nitrogens is 2. The van der Waals surface area contributed by atoms with Crippen LogP contribution in [0.25, 0.3) is 5.52 Å². The highest BCUT2D eigenvalue weighted by Gasteiger charge is 2.47. The van der Waals surface area contributed by atoms with Crippen molar-refractivity contribution in [2.75, 3.05) is 18.0 Å². The van der Waals surface area contributed by atoms with Crippen LogP contribution in [0.15, 0.2) is 22.9 Å². The zero-order valence-corrected chi connectivity index (χ0v) is 13.1. The van der Waals surface area contributed by atoms with Crippen molar-refractivity contribution in [3.8, 4) is 6.07 Å². The Morgan fingerprint density at radius 2 is 2.18 bits per heavy atom. The quantitative estimate of drug-likeness (QED) is 0.838. The molecule has 5 heterocycles. The average Bonchev–Trinajstić information content (AvgIpc) is 2.88. The van der Waals surface area contributed by atoms with Gasteiger partial charge in [-0.1, -0.05) is 0 Å². The topological polar surface area (TPSA) is 84.9 Å². The Bertz CT molecular complexity index is 814. The molecule has 112 valence electrons. The zero-order valence-electron chi connectivity index (χ0n) is 11.5. The van der Waals surface area contributed by atoms with E-state index in [0.29, 0.717) is 18.7 Å². The summed E-state index contributed by atoms with van der Waals surface area (Å²) < 4.78 is 2.56. The number of carboxylic acid groups (broad SMARTS) is 1. The first kappa shape index (κ1) is 13.4. The molecule has 2 unspecified atom stereocenters. The minimum atomic E-state index is -0.845. The normalized spacial score (nSPS) is 23.3. The van der Waals surface area contributed by atoms with Crippen LogP contribution in [0.5, 0.6) is 0 Å². The van der Waals surface area contributed by atoms with Crippen LogP contribution in [0.1, 0.15) is 12.0 Å². The molecule has 2 bridgehead atoms. The molecule has 2 aromatic rings. The SMILES string of the molecule is N#Cc1cnn2cc(Br)cc(N3CC4CC(C3)N4C(=O)O)c12. The van der Waals surface area contributed by atoms with Crippen LogP contribution in [-0.2, 0) is 0 Å². The second-order valence-corrected chi connectivity index (χ2v) is 6.56. The molecule has 2 aromatic heterocycles. The molecule has 7 nitrogen and oxygen atoms in total. The third-order valence-electron chi connectivity index (χ3n) is 4.43. The van der Waals surface area contributed by atoms with Gasteiger partial charge in [-0.15, -0.1) is 0 Å². The van der Waals surface area contributed by atoms with Crippen LogP contribution in [0.4, 0.5) is 10.5 Å². The number of halogens is 1. The van der Waals surface area contributed by atoms with Gasteiger partial charge in [-0.25, -0.2) is 9.31 Å². The number of pyridine rings is 1. The molecule has 5 rings (SSSR count). The van der Waals surface area contributed by atoms with Gasteiger partial charge in [0.15, 0.2) is 0 Å². The molecule has 0 saturated carbocycles. The van der Waals surface area contributed by atoms with Gasteiger partial charge in [0.2, 0.25) is 0 Å².